The van der Waals surface area contributed by atoms with Crippen molar-refractivity contribution in [2.45, 2.75) is 25.7 Å². The molecule has 0 bridgehead atoms. The van der Waals surface area contributed by atoms with Gasteiger partial charge in [-0.2, -0.15) is 0 Å². The molecule has 2 atom stereocenters. The Kier molecular flexibility index (Phi) is 5.34. The van der Waals surface area contributed by atoms with Crippen LogP contribution in [-0.4, -0.2) is 101 Å². The summed E-state index contributed by atoms with van der Waals surface area (Å²) in [5, 5.41) is 2.40. The minimum absolute atomic E-state index is 0.144. The van der Waals surface area contributed by atoms with E-state index in [9.17, 15) is 14.0 Å². The van der Waals surface area contributed by atoms with Crippen LogP contribution in [0.25, 0.3) is 0 Å². The van der Waals surface area contributed by atoms with Gasteiger partial charge in [0.1, 0.15) is 5.82 Å². The summed E-state index contributed by atoms with van der Waals surface area (Å²) in [6, 6.07) is 6.03. The Balaban J connectivity index is 1.17. The Morgan fingerprint density at radius 2 is 1.81 bits per heavy atom. The Labute approximate surface area is 186 Å². The molecule has 10 heteroatoms. The number of guanidine groups is 1. The lowest BCUT2D eigenvalue weighted by Gasteiger charge is -2.35. The second-order valence-electron chi connectivity index (χ2n) is 8.73. The number of allylic oxidation sites excluding steroid dienone is 1. The number of nitrogens with zero attached hydrogens (tertiary/aromatic N) is 6. The van der Waals surface area contributed by atoms with E-state index >= 15 is 0 Å². The molecule has 3 amide bonds. The highest BCUT2D eigenvalue weighted by Crippen LogP contribution is 2.31. The number of carbonyl (C=O) groups is 2. The van der Waals surface area contributed by atoms with E-state index in [0.717, 1.165) is 56.5 Å². The van der Waals surface area contributed by atoms with Gasteiger partial charge in [0.15, 0.2) is 12.2 Å². The second kappa shape index (κ2) is 8.18. The molecule has 170 valence electrons. The van der Waals surface area contributed by atoms with E-state index in [1.54, 1.807) is 13.1 Å². The third-order valence-corrected chi connectivity index (χ3v) is 6.73. The Morgan fingerprint density at radius 3 is 2.56 bits per heavy atom. The molecule has 2 saturated heterocycles. The quantitative estimate of drug-likeness (QED) is 0.724. The van der Waals surface area contributed by atoms with Gasteiger partial charge in [-0.1, -0.05) is 18.2 Å². The Bertz CT molecular complexity index is 988. The average Bonchev–Trinajstić information content (AvgIpc) is 3.28. The number of aliphatic imine (C=N–C) groups is 1. The van der Waals surface area contributed by atoms with Crippen molar-refractivity contribution in [1.29, 1.82) is 0 Å². The summed E-state index contributed by atoms with van der Waals surface area (Å²) < 4.78 is 13.9. The molecule has 0 spiro atoms. The van der Waals surface area contributed by atoms with Crippen molar-refractivity contribution in [1.82, 2.24) is 29.8 Å². The maximum Gasteiger partial charge on any atom is 0.325 e. The maximum absolute atomic E-state index is 13.9. The minimum atomic E-state index is -0.519. The van der Waals surface area contributed by atoms with Crippen molar-refractivity contribution >= 4 is 17.9 Å². The van der Waals surface area contributed by atoms with Crippen molar-refractivity contribution < 1.29 is 14.0 Å². The van der Waals surface area contributed by atoms with Crippen LogP contribution >= 0.6 is 0 Å². The van der Waals surface area contributed by atoms with Gasteiger partial charge in [-0.15, -0.1) is 0 Å². The van der Waals surface area contributed by atoms with E-state index < -0.39 is 18.2 Å². The lowest BCUT2D eigenvalue weighted by molar-refractivity contribution is -0.126. The van der Waals surface area contributed by atoms with Gasteiger partial charge in [-0.05, 0) is 13.0 Å². The smallest absolute Gasteiger partial charge is 0.313 e. The SMILES string of the molecule is CC1=CN2C(=NC3C2C(=O)NC(=O)N3C)N1CCN1CCN(Cc2ccccc2F)CC1. The Morgan fingerprint density at radius 1 is 1.09 bits per heavy atom. The summed E-state index contributed by atoms with van der Waals surface area (Å²) in [4.78, 5) is 39.3. The first-order chi connectivity index (χ1) is 15.4. The van der Waals surface area contributed by atoms with Gasteiger partial charge in [0, 0.05) is 70.3 Å². The molecule has 2 unspecified atom stereocenters. The van der Waals surface area contributed by atoms with Crippen LogP contribution in [0.4, 0.5) is 9.18 Å². The van der Waals surface area contributed by atoms with Gasteiger partial charge in [0.25, 0.3) is 5.91 Å². The lowest BCUT2D eigenvalue weighted by atomic mass is 10.1. The number of nitrogens with one attached hydrogen (secondary N) is 1. The molecule has 1 aromatic rings. The molecule has 1 N–H and O–H groups in total. The molecule has 0 aliphatic carbocycles. The Hall–Kier alpha value is -2.98. The summed E-state index contributed by atoms with van der Waals surface area (Å²) in [5.74, 6) is 0.274. The van der Waals surface area contributed by atoms with Crippen LogP contribution in [0, 0.1) is 5.82 Å². The van der Waals surface area contributed by atoms with Crippen LogP contribution in [0.2, 0.25) is 0 Å². The molecule has 2 fully saturated rings. The van der Waals surface area contributed by atoms with Crippen LogP contribution in [0.1, 0.15) is 12.5 Å². The van der Waals surface area contributed by atoms with Crippen molar-refractivity contribution in [3.8, 4) is 0 Å². The number of benzene rings is 1. The van der Waals surface area contributed by atoms with E-state index in [4.69, 9.17) is 4.99 Å². The number of likely N-dealkylation sites (N-methyl/N-ethyl adjacent to an activating group) is 1. The number of fused-ring (bicyclic) bond motifs is 3. The zero-order chi connectivity index (χ0) is 22.4. The van der Waals surface area contributed by atoms with Gasteiger partial charge in [0.2, 0.25) is 5.96 Å². The average molecular weight is 442 g/mol. The van der Waals surface area contributed by atoms with Gasteiger partial charge >= 0.3 is 6.03 Å². The van der Waals surface area contributed by atoms with Crippen LogP contribution in [-0.2, 0) is 11.3 Å². The fraction of sp³-hybridized carbons (Fsp3) is 0.500. The molecule has 0 radical (unpaired) electrons. The molecule has 0 saturated carbocycles. The van der Waals surface area contributed by atoms with Crippen molar-refractivity contribution in [3.05, 3.63) is 47.5 Å². The van der Waals surface area contributed by atoms with Gasteiger partial charge in [-0.3, -0.25) is 19.9 Å². The van der Waals surface area contributed by atoms with Gasteiger partial charge < -0.3 is 14.7 Å². The van der Waals surface area contributed by atoms with Crippen molar-refractivity contribution in [3.63, 3.8) is 0 Å². The number of urea groups is 1. The summed E-state index contributed by atoms with van der Waals surface area (Å²) in [7, 11) is 1.66. The number of carbonyl (C=O) groups excluding carboxylic acids is 2. The normalized spacial score (nSPS) is 26.2. The summed E-state index contributed by atoms with van der Waals surface area (Å²) in [6.45, 7) is 7.90. The first-order valence-corrected chi connectivity index (χ1v) is 11.0. The molecular weight excluding hydrogens is 413 g/mol. The highest BCUT2D eigenvalue weighted by Gasteiger charge is 2.51. The highest BCUT2D eigenvalue weighted by molar-refractivity contribution is 6.04. The van der Waals surface area contributed by atoms with Crippen LogP contribution < -0.4 is 5.32 Å². The standard InChI is InChI=1S/C22H28FN7O2/c1-15-13-30-18-19(26(2)22(32)25-20(18)31)24-21(30)29(15)12-11-27-7-9-28(10-8-27)14-16-5-3-4-6-17(16)23/h3-6,13,18-19H,7-12,14H2,1-2H3,(H,25,31,32). The van der Waals surface area contributed by atoms with Crippen LogP contribution in [0.15, 0.2) is 41.2 Å². The molecule has 4 aliphatic heterocycles. The minimum Gasteiger partial charge on any atom is -0.313 e. The number of hydrogen-bond donors (Lipinski definition) is 1. The molecule has 1 aromatic carbocycles. The third-order valence-electron chi connectivity index (χ3n) is 6.73. The predicted octanol–water partition coefficient (Wildman–Crippen LogP) is 0.668. The lowest BCUT2D eigenvalue weighted by Crippen LogP contribution is -2.62. The fourth-order valence-corrected chi connectivity index (χ4v) is 4.80. The van der Waals surface area contributed by atoms with E-state index in [1.807, 2.05) is 30.2 Å². The van der Waals surface area contributed by atoms with Crippen LogP contribution in [0.3, 0.4) is 0 Å². The van der Waals surface area contributed by atoms with Crippen molar-refractivity contribution in [2.24, 2.45) is 4.99 Å². The van der Waals surface area contributed by atoms with E-state index in [0.29, 0.717) is 6.54 Å². The third kappa shape index (κ3) is 3.63. The van der Waals surface area contributed by atoms with E-state index in [2.05, 4.69) is 20.0 Å². The van der Waals surface area contributed by atoms with E-state index in [-0.39, 0.29) is 11.7 Å². The molecule has 5 rings (SSSR count). The van der Waals surface area contributed by atoms with Crippen molar-refractivity contribution in [2.75, 3.05) is 46.3 Å². The summed E-state index contributed by atoms with van der Waals surface area (Å²) >= 11 is 0. The first kappa shape index (κ1) is 20.9. The summed E-state index contributed by atoms with van der Waals surface area (Å²) in [5.41, 5.74) is 1.78. The van der Waals surface area contributed by atoms with Gasteiger partial charge in [0.05, 0.1) is 0 Å². The molecule has 9 nitrogen and oxygen atoms in total. The zero-order valence-electron chi connectivity index (χ0n) is 18.4. The number of halogens is 1. The predicted molar refractivity (Wildman–Crippen MR) is 117 cm³/mol. The number of rotatable bonds is 5. The summed E-state index contributed by atoms with van der Waals surface area (Å²) in [6.07, 6.45) is 1.44. The second-order valence-corrected chi connectivity index (χ2v) is 8.73. The monoisotopic (exact) mass is 441 g/mol. The highest BCUT2D eigenvalue weighted by atomic mass is 19.1. The molecule has 0 aromatic heterocycles. The largest absolute Gasteiger partial charge is 0.325 e. The van der Waals surface area contributed by atoms with E-state index in [1.165, 1.54) is 11.0 Å². The molecule has 32 heavy (non-hydrogen) atoms. The molecular formula is C22H28FN7O2. The number of imide groups is 1. The maximum atomic E-state index is 13.9. The number of piperazine rings is 1. The topological polar surface area (TPSA) is 74.7 Å². The molecule has 4 aliphatic rings. The molecule has 4 heterocycles. The fourth-order valence-electron chi connectivity index (χ4n) is 4.80. The number of hydrogen-bond acceptors (Lipinski definition) is 7. The first-order valence-electron chi connectivity index (χ1n) is 11.0. The number of amides is 3. The van der Waals surface area contributed by atoms with Crippen LogP contribution in [0.5, 0.6) is 0 Å². The van der Waals surface area contributed by atoms with Gasteiger partial charge in [-0.25, -0.2) is 14.2 Å². The zero-order valence-corrected chi connectivity index (χ0v) is 18.4.